The van der Waals surface area contributed by atoms with Crippen LogP contribution in [0, 0.1) is 30.3 Å². The van der Waals surface area contributed by atoms with Gasteiger partial charge in [0.2, 0.25) is 4.90 Å². The molecule has 0 fully saturated rings. The normalized spacial score (nSPS) is 11.2. The summed E-state index contributed by atoms with van der Waals surface area (Å²) in [5, 5.41) is 41.3. The van der Waals surface area contributed by atoms with Crippen molar-refractivity contribution in [3.8, 4) is 0 Å². The predicted molar refractivity (Wildman–Crippen MR) is 74.8 cm³/mol. The van der Waals surface area contributed by atoms with Crippen molar-refractivity contribution < 1.29 is 28.3 Å². The number of nitro groups is 3. The number of nitrogens with zero attached hydrogens (tertiary/aromatic N) is 3. The van der Waals surface area contributed by atoms with Gasteiger partial charge in [0, 0.05) is 6.61 Å². The van der Waals surface area contributed by atoms with Gasteiger partial charge in [0.25, 0.3) is 5.69 Å². The number of sulfone groups is 1. The zero-order valence-corrected chi connectivity index (χ0v) is 12.3. The number of aliphatic hydroxyl groups excluding tert-OH is 1. The highest BCUT2D eigenvalue weighted by Crippen LogP contribution is 2.37. The van der Waals surface area contributed by atoms with Gasteiger partial charge in [-0.1, -0.05) is 0 Å². The van der Waals surface area contributed by atoms with Crippen LogP contribution in [0.4, 0.5) is 17.1 Å². The standard InChI is InChI=1S/C10H11N3O9S/c14-3-1-2-4-23(21,22)10-8(12(17)18)5-7(11(15)16)6-9(10)13(19)20/h5-6,14H,1-4H2. The summed E-state index contributed by atoms with van der Waals surface area (Å²) in [6, 6.07) is 0.734. The number of hydrogen-bond donors (Lipinski definition) is 1. The van der Waals surface area contributed by atoms with E-state index in [4.69, 9.17) is 5.11 Å². The van der Waals surface area contributed by atoms with Gasteiger partial charge in [0.1, 0.15) is 0 Å². The van der Waals surface area contributed by atoms with E-state index >= 15 is 0 Å². The topological polar surface area (TPSA) is 184 Å². The summed E-state index contributed by atoms with van der Waals surface area (Å²) in [5.41, 5.74) is -3.41. The summed E-state index contributed by atoms with van der Waals surface area (Å²) in [6.45, 7) is -0.319. The third-order valence-electron chi connectivity index (χ3n) is 2.77. The van der Waals surface area contributed by atoms with E-state index in [1.165, 1.54) is 0 Å². The molecule has 12 nitrogen and oxygen atoms in total. The van der Waals surface area contributed by atoms with Crippen molar-refractivity contribution >= 4 is 26.9 Å². The fraction of sp³-hybridized carbons (Fsp3) is 0.400. The van der Waals surface area contributed by atoms with Crippen LogP contribution in [-0.4, -0.2) is 40.7 Å². The molecule has 0 amide bonds. The lowest BCUT2D eigenvalue weighted by molar-refractivity contribution is -0.407. The first-order valence-electron chi connectivity index (χ1n) is 6.06. The maximum Gasteiger partial charge on any atom is 0.301 e. The van der Waals surface area contributed by atoms with Gasteiger partial charge >= 0.3 is 11.4 Å². The number of benzene rings is 1. The second-order valence-corrected chi connectivity index (χ2v) is 6.38. The zero-order chi connectivity index (χ0) is 17.8. The predicted octanol–water partition coefficient (Wildman–Crippen LogP) is 0.957. The van der Waals surface area contributed by atoms with Crippen molar-refractivity contribution in [2.75, 3.05) is 12.4 Å². The molecule has 1 N–H and O–H groups in total. The van der Waals surface area contributed by atoms with Gasteiger partial charge in [-0.15, -0.1) is 0 Å². The van der Waals surface area contributed by atoms with E-state index in [-0.39, 0.29) is 19.4 Å². The van der Waals surface area contributed by atoms with Gasteiger partial charge in [-0.05, 0) is 12.8 Å². The van der Waals surface area contributed by atoms with E-state index in [1.54, 1.807) is 0 Å². The lowest BCUT2D eigenvalue weighted by atomic mass is 10.2. The first-order chi connectivity index (χ1) is 10.6. The molecule has 0 aliphatic carbocycles. The van der Waals surface area contributed by atoms with Crippen molar-refractivity contribution in [3.63, 3.8) is 0 Å². The van der Waals surface area contributed by atoms with Gasteiger partial charge in [-0.2, -0.15) is 0 Å². The number of nitro benzene ring substituents is 3. The molecule has 0 spiro atoms. The second-order valence-electron chi connectivity index (χ2n) is 4.33. The smallest absolute Gasteiger partial charge is 0.301 e. The highest BCUT2D eigenvalue weighted by molar-refractivity contribution is 7.91. The van der Waals surface area contributed by atoms with Crippen LogP contribution in [0.25, 0.3) is 0 Å². The fourth-order valence-corrected chi connectivity index (χ4v) is 3.48. The fourth-order valence-electron chi connectivity index (χ4n) is 1.79. The maximum absolute atomic E-state index is 12.2. The molecule has 1 aromatic carbocycles. The molecule has 0 heterocycles. The molecule has 1 rings (SSSR count). The third kappa shape index (κ3) is 4.17. The Kier molecular flexibility index (Phi) is 5.64. The summed E-state index contributed by atoms with van der Waals surface area (Å²) in [6.07, 6.45) is -0.00205. The lowest BCUT2D eigenvalue weighted by Gasteiger charge is -2.06. The Balaban J connectivity index is 3.64. The van der Waals surface area contributed by atoms with Crippen molar-refractivity contribution in [1.29, 1.82) is 0 Å². The molecule has 0 radical (unpaired) electrons. The van der Waals surface area contributed by atoms with Gasteiger partial charge in [0.05, 0.1) is 32.7 Å². The Bertz CT molecular complexity index is 724. The highest BCUT2D eigenvalue weighted by atomic mass is 32.2. The van der Waals surface area contributed by atoms with Gasteiger partial charge in [-0.25, -0.2) is 8.42 Å². The Labute approximate surface area is 128 Å². The summed E-state index contributed by atoms with van der Waals surface area (Å²) in [7, 11) is -4.44. The molecule has 0 unspecified atom stereocenters. The van der Waals surface area contributed by atoms with Crippen LogP contribution in [-0.2, 0) is 9.84 Å². The third-order valence-corrected chi connectivity index (χ3v) is 4.64. The summed E-state index contributed by atoms with van der Waals surface area (Å²) in [5.74, 6) is -0.674. The second kappa shape index (κ2) is 7.06. The molecule has 0 bridgehead atoms. The lowest BCUT2D eigenvalue weighted by Crippen LogP contribution is -2.13. The molecule has 0 saturated heterocycles. The number of aliphatic hydroxyl groups is 1. The Morgan fingerprint density at radius 2 is 1.39 bits per heavy atom. The number of hydrogen-bond acceptors (Lipinski definition) is 9. The zero-order valence-electron chi connectivity index (χ0n) is 11.4. The molecule has 0 aliphatic heterocycles. The van der Waals surface area contributed by atoms with E-state index in [1.807, 2.05) is 0 Å². The summed E-state index contributed by atoms with van der Waals surface area (Å²) in [4.78, 5) is 28.0. The van der Waals surface area contributed by atoms with Crippen LogP contribution in [0.2, 0.25) is 0 Å². The van der Waals surface area contributed by atoms with E-state index in [0.717, 1.165) is 0 Å². The molecule has 0 aliphatic rings. The quantitative estimate of drug-likeness (QED) is 0.405. The van der Waals surface area contributed by atoms with Gasteiger partial charge in [0.15, 0.2) is 9.84 Å². The van der Waals surface area contributed by atoms with Crippen molar-refractivity contribution in [2.24, 2.45) is 0 Å². The largest absolute Gasteiger partial charge is 0.396 e. The van der Waals surface area contributed by atoms with Crippen LogP contribution < -0.4 is 0 Å². The summed E-state index contributed by atoms with van der Waals surface area (Å²) < 4.78 is 24.4. The average Bonchev–Trinajstić information content (AvgIpc) is 2.45. The molecule has 23 heavy (non-hydrogen) atoms. The molecular formula is C10H11N3O9S. The molecule has 126 valence electrons. The molecule has 0 atom stereocenters. The first-order valence-corrected chi connectivity index (χ1v) is 7.72. The van der Waals surface area contributed by atoms with Crippen LogP contribution in [0.15, 0.2) is 17.0 Å². The summed E-state index contributed by atoms with van der Waals surface area (Å²) >= 11 is 0. The minimum absolute atomic E-state index is 0.0772. The molecule has 0 saturated carbocycles. The van der Waals surface area contributed by atoms with Crippen molar-refractivity contribution in [2.45, 2.75) is 17.7 Å². The average molecular weight is 349 g/mol. The molecular weight excluding hydrogens is 338 g/mol. The SMILES string of the molecule is O=[N+]([O-])c1cc([N+](=O)[O-])c(S(=O)(=O)CCCCO)c([N+](=O)[O-])c1. The van der Waals surface area contributed by atoms with Crippen LogP contribution >= 0.6 is 0 Å². The number of non-ortho nitro benzene ring substituents is 1. The Hall–Kier alpha value is -2.67. The van der Waals surface area contributed by atoms with Crippen LogP contribution in [0.5, 0.6) is 0 Å². The highest BCUT2D eigenvalue weighted by Gasteiger charge is 2.38. The minimum atomic E-state index is -4.44. The van der Waals surface area contributed by atoms with E-state index in [9.17, 15) is 38.8 Å². The minimum Gasteiger partial charge on any atom is -0.396 e. The van der Waals surface area contributed by atoms with Crippen molar-refractivity contribution in [1.82, 2.24) is 0 Å². The molecule has 0 aromatic heterocycles. The number of rotatable bonds is 8. The number of unbranched alkanes of at least 4 members (excludes halogenated alkanes) is 1. The Morgan fingerprint density at radius 3 is 1.74 bits per heavy atom. The van der Waals surface area contributed by atoms with Gasteiger partial charge < -0.3 is 5.11 Å². The van der Waals surface area contributed by atoms with E-state index in [2.05, 4.69) is 0 Å². The first kappa shape index (κ1) is 18.4. The monoisotopic (exact) mass is 349 g/mol. The van der Waals surface area contributed by atoms with Crippen LogP contribution in [0.1, 0.15) is 12.8 Å². The van der Waals surface area contributed by atoms with E-state index < -0.39 is 52.3 Å². The van der Waals surface area contributed by atoms with Crippen LogP contribution in [0.3, 0.4) is 0 Å². The Morgan fingerprint density at radius 1 is 0.913 bits per heavy atom. The molecule has 13 heteroatoms. The van der Waals surface area contributed by atoms with E-state index in [0.29, 0.717) is 12.1 Å². The van der Waals surface area contributed by atoms with Gasteiger partial charge in [-0.3, -0.25) is 30.3 Å². The molecule has 1 aromatic rings. The maximum atomic E-state index is 12.2. The van der Waals surface area contributed by atoms with Crippen molar-refractivity contribution in [3.05, 3.63) is 42.5 Å².